The molecule has 0 atom stereocenters. The Morgan fingerprint density at radius 1 is 0.929 bits per heavy atom. The Morgan fingerprint density at radius 3 is 2.00 bits per heavy atom. The molecule has 0 aliphatic carbocycles. The lowest BCUT2D eigenvalue weighted by molar-refractivity contribution is 0.00578. The highest BCUT2D eigenvalue weighted by atomic mass is 32.2. The average Bonchev–Trinajstić information content (AvgIpc) is 2.83. The molecule has 148 valence electrons. The number of aryl methyl sites for hydroxylation is 1. The number of hydrogen-bond donors (Lipinski definition) is 1. The first-order chi connectivity index (χ1) is 13.0. The van der Waals surface area contributed by atoms with Crippen molar-refractivity contribution in [2.24, 2.45) is 5.10 Å². The Kier molecular flexibility index (Phi) is 5.40. The van der Waals surface area contributed by atoms with Gasteiger partial charge in [-0.05, 0) is 57.8 Å². The summed E-state index contributed by atoms with van der Waals surface area (Å²) in [5.41, 5.74) is 1.85. The highest BCUT2D eigenvalue weighted by Gasteiger charge is 2.51. The van der Waals surface area contributed by atoms with Crippen molar-refractivity contribution in [1.82, 2.24) is 4.83 Å². The van der Waals surface area contributed by atoms with E-state index in [1.54, 1.807) is 24.3 Å². The summed E-state index contributed by atoms with van der Waals surface area (Å²) in [4.78, 5) is 2.40. The maximum Gasteiger partial charge on any atom is 0.494 e. The van der Waals surface area contributed by atoms with E-state index in [-0.39, 0.29) is 4.90 Å². The first-order valence-corrected chi connectivity index (χ1v) is 10.6. The molecule has 1 aliphatic heterocycles. The summed E-state index contributed by atoms with van der Waals surface area (Å²) in [6, 6.07) is 14.0. The van der Waals surface area contributed by atoms with E-state index in [4.69, 9.17) is 9.31 Å². The van der Waals surface area contributed by atoms with Crippen LogP contribution in [0.15, 0.2) is 58.5 Å². The summed E-state index contributed by atoms with van der Waals surface area (Å²) in [5.74, 6) is 0. The highest BCUT2D eigenvalue weighted by Crippen LogP contribution is 2.36. The summed E-state index contributed by atoms with van der Waals surface area (Å²) >= 11 is 0. The predicted molar refractivity (Wildman–Crippen MR) is 111 cm³/mol. The Bertz CT molecular complexity index is 952. The SMILES string of the molecule is Cc1ccc(S(=O)(=O)N/N=C/c2ccc(B3OC(C)(C)C(C)(C)O3)cc2)cc1. The van der Waals surface area contributed by atoms with Crippen LogP contribution in [0, 0.1) is 6.92 Å². The zero-order valence-corrected chi connectivity index (χ0v) is 17.6. The summed E-state index contributed by atoms with van der Waals surface area (Å²) in [5, 5.41) is 3.86. The molecule has 28 heavy (non-hydrogen) atoms. The molecule has 0 bridgehead atoms. The van der Waals surface area contributed by atoms with Crippen LogP contribution in [-0.2, 0) is 19.3 Å². The van der Waals surface area contributed by atoms with Gasteiger partial charge < -0.3 is 9.31 Å². The van der Waals surface area contributed by atoms with E-state index in [1.165, 1.54) is 6.21 Å². The standard InChI is InChI=1S/C20H25BN2O4S/c1-15-6-12-18(13-7-15)28(24,25)23-22-14-16-8-10-17(11-9-16)21-26-19(2,3)20(4,5)27-21/h6-14,23H,1-5H3/b22-14+. The summed E-state index contributed by atoms with van der Waals surface area (Å²) in [6.07, 6.45) is 1.46. The topological polar surface area (TPSA) is 77.0 Å². The van der Waals surface area contributed by atoms with Crippen LogP contribution in [0.3, 0.4) is 0 Å². The second-order valence-corrected chi connectivity index (χ2v) is 9.58. The van der Waals surface area contributed by atoms with Crippen LogP contribution in [0.4, 0.5) is 0 Å². The number of hydrazone groups is 1. The molecule has 0 spiro atoms. The lowest BCUT2D eigenvalue weighted by Gasteiger charge is -2.32. The molecule has 0 aromatic heterocycles. The van der Waals surface area contributed by atoms with Gasteiger partial charge in [0.2, 0.25) is 0 Å². The van der Waals surface area contributed by atoms with E-state index >= 15 is 0 Å². The van der Waals surface area contributed by atoms with Crippen molar-refractivity contribution in [2.75, 3.05) is 0 Å². The van der Waals surface area contributed by atoms with Gasteiger partial charge in [-0.1, -0.05) is 42.0 Å². The molecule has 1 saturated heterocycles. The molecule has 2 aromatic rings. The minimum atomic E-state index is -3.68. The lowest BCUT2D eigenvalue weighted by atomic mass is 9.79. The molecule has 0 saturated carbocycles. The van der Waals surface area contributed by atoms with E-state index in [0.29, 0.717) is 0 Å². The first kappa shape index (κ1) is 20.6. The Balaban J connectivity index is 1.65. The molecule has 1 heterocycles. The molecule has 0 amide bonds. The number of rotatable bonds is 5. The molecule has 0 unspecified atom stereocenters. The second-order valence-electron chi connectivity index (χ2n) is 7.92. The largest absolute Gasteiger partial charge is 0.494 e. The Morgan fingerprint density at radius 2 is 1.46 bits per heavy atom. The molecule has 1 N–H and O–H groups in total. The van der Waals surface area contributed by atoms with Gasteiger partial charge in [-0.15, -0.1) is 0 Å². The fourth-order valence-corrected chi connectivity index (χ4v) is 3.45. The van der Waals surface area contributed by atoms with Crippen LogP contribution in [0.2, 0.25) is 0 Å². The van der Waals surface area contributed by atoms with Gasteiger partial charge in [0.15, 0.2) is 0 Å². The number of nitrogens with zero attached hydrogens (tertiary/aromatic N) is 1. The van der Waals surface area contributed by atoms with Crippen LogP contribution < -0.4 is 10.3 Å². The summed E-state index contributed by atoms with van der Waals surface area (Å²) in [6.45, 7) is 9.93. The zero-order chi connectivity index (χ0) is 20.6. The number of hydrogen-bond acceptors (Lipinski definition) is 5. The van der Waals surface area contributed by atoms with E-state index in [0.717, 1.165) is 16.6 Å². The van der Waals surface area contributed by atoms with E-state index in [9.17, 15) is 8.42 Å². The van der Waals surface area contributed by atoms with Gasteiger partial charge in [0.1, 0.15) is 0 Å². The molecule has 2 aromatic carbocycles. The fraction of sp³-hybridized carbons (Fsp3) is 0.350. The average molecular weight is 400 g/mol. The molecule has 1 fully saturated rings. The van der Waals surface area contributed by atoms with Gasteiger partial charge in [-0.3, -0.25) is 0 Å². The van der Waals surface area contributed by atoms with Crippen molar-refractivity contribution >= 4 is 28.8 Å². The van der Waals surface area contributed by atoms with Gasteiger partial charge in [-0.25, -0.2) is 4.83 Å². The molecule has 0 radical (unpaired) electrons. The lowest BCUT2D eigenvalue weighted by Crippen LogP contribution is -2.41. The third-order valence-corrected chi connectivity index (χ3v) is 6.42. The molecular formula is C20H25BN2O4S. The second kappa shape index (κ2) is 7.35. The minimum absolute atomic E-state index is 0.173. The van der Waals surface area contributed by atoms with E-state index < -0.39 is 28.3 Å². The number of benzene rings is 2. The van der Waals surface area contributed by atoms with Gasteiger partial charge in [0.05, 0.1) is 22.3 Å². The van der Waals surface area contributed by atoms with Crippen LogP contribution in [0.25, 0.3) is 0 Å². The Labute approximate surface area is 167 Å². The molecule has 3 rings (SSSR count). The normalized spacial score (nSPS) is 18.5. The van der Waals surface area contributed by atoms with Crippen LogP contribution >= 0.6 is 0 Å². The van der Waals surface area contributed by atoms with Crippen LogP contribution in [-0.4, -0.2) is 33.0 Å². The van der Waals surface area contributed by atoms with Gasteiger partial charge in [0.25, 0.3) is 10.0 Å². The predicted octanol–water partition coefficient (Wildman–Crippen LogP) is 2.61. The third-order valence-electron chi connectivity index (χ3n) is 5.18. The molecular weight excluding hydrogens is 375 g/mol. The van der Waals surface area contributed by atoms with E-state index in [1.807, 2.05) is 58.9 Å². The maximum absolute atomic E-state index is 12.2. The van der Waals surface area contributed by atoms with Crippen molar-refractivity contribution in [3.05, 3.63) is 59.7 Å². The first-order valence-electron chi connectivity index (χ1n) is 9.07. The minimum Gasteiger partial charge on any atom is -0.399 e. The van der Waals surface area contributed by atoms with Crippen molar-refractivity contribution in [1.29, 1.82) is 0 Å². The van der Waals surface area contributed by atoms with Crippen LogP contribution in [0.5, 0.6) is 0 Å². The third kappa shape index (κ3) is 4.29. The number of sulfonamides is 1. The maximum atomic E-state index is 12.2. The molecule has 8 heteroatoms. The van der Waals surface area contributed by atoms with E-state index in [2.05, 4.69) is 9.93 Å². The van der Waals surface area contributed by atoms with Crippen molar-refractivity contribution in [2.45, 2.75) is 50.7 Å². The highest BCUT2D eigenvalue weighted by molar-refractivity contribution is 7.89. The summed E-state index contributed by atoms with van der Waals surface area (Å²) < 4.78 is 36.5. The van der Waals surface area contributed by atoms with Crippen molar-refractivity contribution in [3.63, 3.8) is 0 Å². The quantitative estimate of drug-likeness (QED) is 0.476. The summed E-state index contributed by atoms with van der Waals surface area (Å²) in [7, 11) is -4.12. The Hall–Kier alpha value is -2.16. The zero-order valence-electron chi connectivity index (χ0n) is 16.8. The molecule has 1 aliphatic rings. The van der Waals surface area contributed by atoms with Gasteiger partial charge >= 0.3 is 7.12 Å². The van der Waals surface area contributed by atoms with Crippen molar-refractivity contribution < 1.29 is 17.7 Å². The van der Waals surface area contributed by atoms with Crippen molar-refractivity contribution in [3.8, 4) is 0 Å². The van der Waals surface area contributed by atoms with Gasteiger partial charge in [0, 0.05) is 0 Å². The smallest absolute Gasteiger partial charge is 0.399 e. The number of nitrogens with one attached hydrogen (secondary N) is 1. The van der Waals surface area contributed by atoms with Gasteiger partial charge in [-0.2, -0.15) is 13.5 Å². The fourth-order valence-electron chi connectivity index (χ4n) is 2.66. The molecule has 6 nitrogen and oxygen atoms in total. The van der Waals surface area contributed by atoms with Crippen LogP contribution in [0.1, 0.15) is 38.8 Å². The monoisotopic (exact) mass is 400 g/mol.